The molecule has 0 fully saturated rings. The van der Waals surface area contributed by atoms with E-state index in [1.54, 1.807) is 24.3 Å². The Kier molecular flexibility index (Phi) is 5.96. The average molecular weight is 355 g/mol. The zero-order valence-electron chi connectivity index (χ0n) is 11.9. The molecule has 2 N–H and O–H groups in total. The van der Waals surface area contributed by atoms with E-state index < -0.39 is 11.7 Å². The minimum absolute atomic E-state index is 0.0153. The minimum Gasteiger partial charge on any atom is -0.352 e. The van der Waals surface area contributed by atoms with Crippen LogP contribution in [-0.4, -0.2) is 18.4 Å². The van der Waals surface area contributed by atoms with Gasteiger partial charge in [-0.05, 0) is 42.5 Å². The van der Waals surface area contributed by atoms with Crippen LogP contribution in [0.25, 0.3) is 0 Å². The number of nitrogens with one attached hydrogen (secondary N) is 2. The van der Waals surface area contributed by atoms with E-state index in [9.17, 15) is 14.0 Å². The van der Waals surface area contributed by atoms with Crippen LogP contribution >= 0.6 is 23.2 Å². The second kappa shape index (κ2) is 7.94. The molecule has 0 aliphatic rings. The number of carbonyl (C=O) groups is 2. The van der Waals surface area contributed by atoms with Crippen molar-refractivity contribution in [2.24, 2.45) is 0 Å². The summed E-state index contributed by atoms with van der Waals surface area (Å²) in [7, 11) is 0. The molecular formula is C16H13Cl2FN2O2. The Morgan fingerprint density at radius 2 is 1.65 bits per heavy atom. The van der Waals surface area contributed by atoms with Crippen LogP contribution in [0.4, 0.5) is 10.1 Å². The minimum atomic E-state index is -0.615. The van der Waals surface area contributed by atoms with Crippen LogP contribution < -0.4 is 10.6 Å². The number of benzene rings is 2. The Morgan fingerprint density at radius 1 is 1.00 bits per heavy atom. The second-order valence-electron chi connectivity index (χ2n) is 4.69. The third kappa shape index (κ3) is 5.23. The highest BCUT2D eigenvalue weighted by atomic mass is 35.5. The fourth-order valence-electron chi connectivity index (χ4n) is 1.80. The quantitative estimate of drug-likeness (QED) is 0.855. The van der Waals surface area contributed by atoms with Crippen molar-refractivity contribution in [3.63, 3.8) is 0 Å². The van der Waals surface area contributed by atoms with Crippen LogP contribution in [-0.2, 0) is 4.79 Å². The third-order valence-corrected chi connectivity index (χ3v) is 3.44. The van der Waals surface area contributed by atoms with E-state index >= 15 is 0 Å². The van der Waals surface area contributed by atoms with Crippen LogP contribution in [0.1, 0.15) is 16.8 Å². The number of anilines is 1. The largest absolute Gasteiger partial charge is 0.352 e. The highest BCUT2D eigenvalue weighted by Gasteiger charge is 2.09. The van der Waals surface area contributed by atoms with Crippen molar-refractivity contribution in [2.45, 2.75) is 6.42 Å². The summed E-state index contributed by atoms with van der Waals surface area (Å²) in [6.07, 6.45) is 0.0153. The van der Waals surface area contributed by atoms with E-state index in [1.807, 2.05) is 0 Å². The summed E-state index contributed by atoms with van der Waals surface area (Å²) in [6, 6.07) is 10.3. The fraction of sp³-hybridized carbons (Fsp3) is 0.125. The fourth-order valence-corrected chi connectivity index (χ4v) is 2.08. The molecule has 2 amide bonds. The summed E-state index contributed by atoms with van der Waals surface area (Å²) < 4.78 is 13.5. The predicted octanol–water partition coefficient (Wildman–Crippen LogP) is 3.89. The van der Waals surface area contributed by atoms with Gasteiger partial charge < -0.3 is 10.6 Å². The predicted molar refractivity (Wildman–Crippen MR) is 88.4 cm³/mol. The molecule has 7 heteroatoms. The topological polar surface area (TPSA) is 58.2 Å². The smallest absolute Gasteiger partial charge is 0.251 e. The first-order valence-corrected chi connectivity index (χ1v) is 7.50. The Balaban J connectivity index is 1.80. The van der Waals surface area contributed by atoms with Gasteiger partial charge in [0.2, 0.25) is 5.91 Å². The number of amides is 2. The summed E-state index contributed by atoms with van der Waals surface area (Å²) in [6.45, 7) is 0.127. The van der Waals surface area contributed by atoms with Crippen molar-refractivity contribution < 1.29 is 14.0 Å². The lowest BCUT2D eigenvalue weighted by molar-refractivity contribution is -0.116. The molecule has 0 saturated carbocycles. The highest BCUT2D eigenvalue weighted by molar-refractivity contribution is 6.31. The van der Waals surface area contributed by atoms with Gasteiger partial charge in [0.1, 0.15) is 5.82 Å². The van der Waals surface area contributed by atoms with Gasteiger partial charge in [0, 0.05) is 28.6 Å². The summed E-state index contributed by atoms with van der Waals surface area (Å²) in [5.41, 5.74) is 0.488. The molecule has 0 heterocycles. The van der Waals surface area contributed by atoms with Crippen LogP contribution in [0.2, 0.25) is 10.0 Å². The lowest BCUT2D eigenvalue weighted by Crippen LogP contribution is -2.27. The molecule has 0 aromatic heterocycles. The summed E-state index contributed by atoms with van der Waals surface area (Å²) in [4.78, 5) is 23.6. The lowest BCUT2D eigenvalue weighted by atomic mass is 10.2. The Bertz CT molecular complexity index is 721. The Hall–Kier alpha value is -2.11. The number of rotatable bonds is 5. The van der Waals surface area contributed by atoms with Gasteiger partial charge in [0.15, 0.2) is 0 Å². The van der Waals surface area contributed by atoms with Gasteiger partial charge in [-0.2, -0.15) is 0 Å². The maximum atomic E-state index is 13.5. The van der Waals surface area contributed by atoms with Crippen molar-refractivity contribution in [3.8, 4) is 0 Å². The maximum Gasteiger partial charge on any atom is 0.251 e. The maximum absolute atomic E-state index is 13.5. The zero-order chi connectivity index (χ0) is 16.8. The van der Waals surface area contributed by atoms with Gasteiger partial charge in [0.05, 0.1) is 5.69 Å². The van der Waals surface area contributed by atoms with Crippen molar-refractivity contribution in [2.75, 3.05) is 11.9 Å². The molecule has 0 atom stereocenters. The van der Waals surface area contributed by atoms with E-state index in [4.69, 9.17) is 23.2 Å². The van der Waals surface area contributed by atoms with E-state index in [0.717, 1.165) is 6.07 Å². The molecule has 23 heavy (non-hydrogen) atoms. The summed E-state index contributed by atoms with van der Waals surface area (Å²) in [5, 5.41) is 5.80. The summed E-state index contributed by atoms with van der Waals surface area (Å²) >= 11 is 11.4. The molecule has 2 aromatic rings. The molecule has 2 rings (SSSR count). The summed E-state index contributed by atoms with van der Waals surface area (Å²) in [5.74, 6) is -1.34. The van der Waals surface area contributed by atoms with Crippen LogP contribution in [0, 0.1) is 5.82 Å². The number of halogens is 3. The molecule has 2 aromatic carbocycles. The number of hydrogen-bond donors (Lipinski definition) is 2. The van der Waals surface area contributed by atoms with E-state index in [0.29, 0.717) is 10.6 Å². The standard InChI is InChI=1S/C16H13Cl2FN2O2/c17-11-3-1-10(2-4-11)16(23)20-8-7-15(22)21-14-6-5-12(18)9-13(14)19/h1-6,9H,7-8H2,(H,20,23)(H,21,22). The third-order valence-electron chi connectivity index (χ3n) is 2.95. The van der Waals surface area contributed by atoms with Gasteiger partial charge in [-0.1, -0.05) is 23.2 Å². The molecule has 0 aliphatic heterocycles. The van der Waals surface area contributed by atoms with Gasteiger partial charge in [0.25, 0.3) is 5.91 Å². The first-order valence-electron chi connectivity index (χ1n) is 6.74. The second-order valence-corrected chi connectivity index (χ2v) is 5.56. The molecule has 0 saturated heterocycles. The number of hydrogen-bond acceptors (Lipinski definition) is 2. The van der Waals surface area contributed by atoms with Crippen LogP contribution in [0.3, 0.4) is 0 Å². The molecular weight excluding hydrogens is 342 g/mol. The Morgan fingerprint density at radius 3 is 2.30 bits per heavy atom. The van der Waals surface area contributed by atoms with Gasteiger partial charge in [-0.25, -0.2) is 4.39 Å². The lowest BCUT2D eigenvalue weighted by Gasteiger charge is -2.08. The first-order chi connectivity index (χ1) is 11.0. The van der Waals surface area contributed by atoms with Crippen molar-refractivity contribution >= 4 is 40.7 Å². The highest BCUT2D eigenvalue weighted by Crippen LogP contribution is 2.18. The molecule has 120 valence electrons. The Labute approximate surface area is 142 Å². The van der Waals surface area contributed by atoms with E-state index in [2.05, 4.69) is 10.6 Å². The van der Waals surface area contributed by atoms with Crippen LogP contribution in [0.5, 0.6) is 0 Å². The monoisotopic (exact) mass is 354 g/mol. The van der Waals surface area contributed by atoms with Crippen molar-refractivity contribution in [3.05, 3.63) is 63.9 Å². The average Bonchev–Trinajstić information content (AvgIpc) is 2.50. The van der Waals surface area contributed by atoms with Gasteiger partial charge in [-0.3, -0.25) is 9.59 Å². The number of carbonyl (C=O) groups excluding carboxylic acids is 2. The van der Waals surface area contributed by atoms with E-state index in [-0.39, 0.29) is 29.6 Å². The van der Waals surface area contributed by atoms with Crippen molar-refractivity contribution in [1.29, 1.82) is 0 Å². The van der Waals surface area contributed by atoms with E-state index in [1.165, 1.54) is 12.1 Å². The van der Waals surface area contributed by atoms with Crippen molar-refractivity contribution in [1.82, 2.24) is 5.32 Å². The zero-order valence-corrected chi connectivity index (χ0v) is 13.4. The van der Waals surface area contributed by atoms with Crippen LogP contribution in [0.15, 0.2) is 42.5 Å². The van der Waals surface area contributed by atoms with Gasteiger partial charge >= 0.3 is 0 Å². The van der Waals surface area contributed by atoms with Gasteiger partial charge in [-0.15, -0.1) is 0 Å². The SMILES string of the molecule is O=C(CCNC(=O)c1ccc(Cl)cc1)Nc1ccc(Cl)cc1F. The normalized spacial score (nSPS) is 10.2. The molecule has 0 unspecified atom stereocenters. The first kappa shape index (κ1) is 17.2. The molecule has 0 spiro atoms. The molecule has 4 nitrogen and oxygen atoms in total. The molecule has 0 aliphatic carbocycles. The molecule has 0 radical (unpaired) electrons. The molecule has 0 bridgehead atoms.